The van der Waals surface area contributed by atoms with Crippen LogP contribution in [-0.4, -0.2) is 11.7 Å². The van der Waals surface area contributed by atoms with Gasteiger partial charge in [0.2, 0.25) is 0 Å². The summed E-state index contributed by atoms with van der Waals surface area (Å²) < 4.78 is 11.3. The van der Waals surface area contributed by atoms with Crippen LogP contribution in [0.3, 0.4) is 0 Å². The van der Waals surface area contributed by atoms with E-state index in [1.807, 2.05) is 32.0 Å². The largest absolute Gasteiger partial charge is 0.461 e. The summed E-state index contributed by atoms with van der Waals surface area (Å²) in [5.41, 5.74) is 8.32. The van der Waals surface area contributed by atoms with Crippen LogP contribution in [0.15, 0.2) is 27.0 Å². The van der Waals surface area contributed by atoms with Gasteiger partial charge in [-0.05, 0) is 32.0 Å². The second-order valence-corrected chi connectivity index (χ2v) is 4.62. The predicted molar refractivity (Wildman–Crippen MR) is 69.5 cm³/mol. The van der Waals surface area contributed by atoms with Crippen molar-refractivity contribution in [3.05, 3.63) is 35.3 Å². The fourth-order valence-corrected chi connectivity index (χ4v) is 2.42. The number of nitrogens with two attached hydrogens (primary N) is 1. The molecule has 0 aliphatic carbocycles. The van der Waals surface area contributed by atoms with E-state index in [0.29, 0.717) is 0 Å². The SMILES string of the molecule is Cc1cc2c(C(N)CO)c3oc(C)cc3cc2o1. The number of fused-ring (bicyclic) bond motifs is 2. The minimum absolute atomic E-state index is 0.127. The van der Waals surface area contributed by atoms with Gasteiger partial charge in [-0.25, -0.2) is 0 Å². The molecule has 0 radical (unpaired) electrons. The van der Waals surface area contributed by atoms with Crippen LogP contribution in [0, 0.1) is 13.8 Å². The molecule has 2 aromatic heterocycles. The summed E-state index contributed by atoms with van der Waals surface area (Å²) in [6.07, 6.45) is 0. The number of benzene rings is 1. The second-order valence-electron chi connectivity index (χ2n) is 4.62. The molecule has 94 valence electrons. The lowest BCUT2D eigenvalue weighted by molar-refractivity contribution is 0.268. The van der Waals surface area contributed by atoms with Gasteiger partial charge < -0.3 is 19.7 Å². The molecule has 0 fully saturated rings. The highest BCUT2D eigenvalue weighted by Gasteiger charge is 2.19. The highest BCUT2D eigenvalue weighted by atomic mass is 16.3. The molecule has 0 spiro atoms. The third-order valence-corrected chi connectivity index (χ3v) is 3.16. The van der Waals surface area contributed by atoms with Gasteiger partial charge in [0, 0.05) is 16.3 Å². The van der Waals surface area contributed by atoms with E-state index in [1.165, 1.54) is 0 Å². The van der Waals surface area contributed by atoms with Gasteiger partial charge in [0.25, 0.3) is 0 Å². The average molecular weight is 245 g/mol. The Labute approximate surface area is 104 Å². The molecule has 2 heterocycles. The zero-order chi connectivity index (χ0) is 12.9. The quantitative estimate of drug-likeness (QED) is 0.728. The Morgan fingerprint density at radius 3 is 2.61 bits per heavy atom. The van der Waals surface area contributed by atoms with E-state index in [9.17, 15) is 5.11 Å². The Balaban J connectivity index is 2.47. The van der Waals surface area contributed by atoms with Crippen molar-refractivity contribution >= 4 is 21.9 Å². The number of furan rings is 2. The average Bonchev–Trinajstić information content (AvgIpc) is 2.85. The molecule has 0 aliphatic rings. The number of hydrogen-bond donors (Lipinski definition) is 2. The minimum atomic E-state index is -0.473. The van der Waals surface area contributed by atoms with Crippen LogP contribution in [0.2, 0.25) is 0 Å². The molecular weight excluding hydrogens is 230 g/mol. The fraction of sp³-hybridized carbons (Fsp3) is 0.286. The fourth-order valence-electron chi connectivity index (χ4n) is 2.42. The number of rotatable bonds is 2. The van der Waals surface area contributed by atoms with Gasteiger partial charge in [-0.15, -0.1) is 0 Å². The van der Waals surface area contributed by atoms with E-state index in [2.05, 4.69) is 0 Å². The summed E-state index contributed by atoms with van der Waals surface area (Å²) >= 11 is 0. The molecule has 3 rings (SSSR count). The molecule has 0 aliphatic heterocycles. The number of aryl methyl sites for hydroxylation is 2. The van der Waals surface area contributed by atoms with Crippen molar-refractivity contribution in [2.75, 3.05) is 6.61 Å². The summed E-state index contributed by atoms with van der Waals surface area (Å²) in [5.74, 6) is 1.64. The van der Waals surface area contributed by atoms with Gasteiger partial charge in [0.05, 0.1) is 12.6 Å². The normalized spacial score (nSPS) is 13.6. The third-order valence-electron chi connectivity index (χ3n) is 3.16. The third kappa shape index (κ3) is 1.54. The van der Waals surface area contributed by atoms with Crippen molar-refractivity contribution in [1.82, 2.24) is 0 Å². The zero-order valence-corrected chi connectivity index (χ0v) is 10.4. The molecule has 3 aromatic rings. The maximum atomic E-state index is 9.32. The molecule has 0 saturated carbocycles. The lowest BCUT2D eigenvalue weighted by atomic mass is 10.0. The minimum Gasteiger partial charge on any atom is -0.461 e. The van der Waals surface area contributed by atoms with Gasteiger partial charge in [-0.1, -0.05) is 0 Å². The molecule has 3 N–H and O–H groups in total. The number of hydrogen-bond acceptors (Lipinski definition) is 4. The molecule has 0 bridgehead atoms. The van der Waals surface area contributed by atoms with Crippen LogP contribution in [0.4, 0.5) is 0 Å². The summed E-state index contributed by atoms with van der Waals surface area (Å²) in [4.78, 5) is 0. The molecule has 1 atom stereocenters. The standard InChI is InChI=1S/C14H15NO3/c1-7-3-9-5-12-10(4-8(2)17-12)13(11(15)6-16)14(9)18-7/h3-5,11,16H,6,15H2,1-2H3. The summed E-state index contributed by atoms with van der Waals surface area (Å²) in [6, 6.07) is 5.35. The van der Waals surface area contributed by atoms with Crippen LogP contribution in [-0.2, 0) is 0 Å². The maximum absolute atomic E-state index is 9.32. The molecule has 1 unspecified atom stereocenters. The Morgan fingerprint density at radius 1 is 1.17 bits per heavy atom. The molecule has 0 saturated heterocycles. The topological polar surface area (TPSA) is 72.5 Å². The summed E-state index contributed by atoms with van der Waals surface area (Å²) in [6.45, 7) is 3.65. The number of aliphatic hydroxyl groups excluding tert-OH is 1. The Kier molecular flexibility index (Phi) is 2.43. The second kappa shape index (κ2) is 3.86. The lowest BCUT2D eigenvalue weighted by Crippen LogP contribution is -2.14. The van der Waals surface area contributed by atoms with E-state index in [1.54, 1.807) is 0 Å². The van der Waals surface area contributed by atoms with Crippen LogP contribution >= 0.6 is 0 Å². The van der Waals surface area contributed by atoms with Gasteiger partial charge >= 0.3 is 0 Å². The van der Waals surface area contributed by atoms with Crippen molar-refractivity contribution in [3.63, 3.8) is 0 Å². The van der Waals surface area contributed by atoms with Crippen LogP contribution < -0.4 is 5.73 Å². The molecular formula is C14H15NO3. The number of aliphatic hydroxyl groups is 1. The highest BCUT2D eigenvalue weighted by molar-refractivity contribution is 5.98. The molecule has 0 amide bonds. The van der Waals surface area contributed by atoms with Crippen molar-refractivity contribution in [3.8, 4) is 0 Å². The van der Waals surface area contributed by atoms with Gasteiger partial charge in [0.1, 0.15) is 22.7 Å². The van der Waals surface area contributed by atoms with E-state index in [0.717, 1.165) is 39.0 Å². The monoisotopic (exact) mass is 245 g/mol. The first-order chi connectivity index (χ1) is 8.60. The molecule has 4 nitrogen and oxygen atoms in total. The zero-order valence-electron chi connectivity index (χ0n) is 10.4. The van der Waals surface area contributed by atoms with Crippen molar-refractivity contribution in [2.24, 2.45) is 5.73 Å². The predicted octanol–water partition coefficient (Wildman–Crippen LogP) is 2.79. The highest BCUT2D eigenvalue weighted by Crippen LogP contribution is 2.35. The van der Waals surface area contributed by atoms with Crippen molar-refractivity contribution < 1.29 is 13.9 Å². The summed E-state index contributed by atoms with van der Waals surface area (Å²) in [7, 11) is 0. The van der Waals surface area contributed by atoms with Crippen LogP contribution in [0.5, 0.6) is 0 Å². The molecule has 18 heavy (non-hydrogen) atoms. The first-order valence-corrected chi connectivity index (χ1v) is 5.90. The van der Waals surface area contributed by atoms with Crippen molar-refractivity contribution in [2.45, 2.75) is 19.9 Å². The lowest BCUT2D eigenvalue weighted by Gasteiger charge is -2.10. The van der Waals surface area contributed by atoms with Gasteiger partial charge in [-0.2, -0.15) is 0 Å². The maximum Gasteiger partial charge on any atom is 0.139 e. The first kappa shape index (κ1) is 11.3. The van der Waals surface area contributed by atoms with E-state index >= 15 is 0 Å². The van der Waals surface area contributed by atoms with Gasteiger partial charge in [-0.3, -0.25) is 0 Å². The van der Waals surface area contributed by atoms with Crippen molar-refractivity contribution in [1.29, 1.82) is 0 Å². The Hall–Kier alpha value is -1.78. The molecule has 4 heteroatoms. The summed E-state index contributed by atoms with van der Waals surface area (Å²) in [5, 5.41) is 11.2. The smallest absolute Gasteiger partial charge is 0.139 e. The molecule has 1 aromatic carbocycles. The first-order valence-electron chi connectivity index (χ1n) is 5.90. The van der Waals surface area contributed by atoms with Crippen LogP contribution in [0.1, 0.15) is 23.1 Å². The van der Waals surface area contributed by atoms with Crippen LogP contribution in [0.25, 0.3) is 21.9 Å². The van der Waals surface area contributed by atoms with E-state index in [-0.39, 0.29) is 6.61 Å². The van der Waals surface area contributed by atoms with Gasteiger partial charge in [0.15, 0.2) is 0 Å². The van der Waals surface area contributed by atoms with E-state index < -0.39 is 6.04 Å². The van der Waals surface area contributed by atoms with E-state index in [4.69, 9.17) is 14.6 Å². The Morgan fingerprint density at radius 2 is 1.89 bits per heavy atom. The Bertz CT molecular complexity index is 669.